The molecule has 0 aliphatic carbocycles. The number of nitrogens with zero attached hydrogens (tertiary/aromatic N) is 2. The van der Waals surface area contributed by atoms with E-state index in [0.717, 1.165) is 0 Å². The van der Waals surface area contributed by atoms with Crippen LogP contribution in [0.15, 0.2) is 48.7 Å². The van der Waals surface area contributed by atoms with Gasteiger partial charge in [-0.3, -0.25) is 14.0 Å². The van der Waals surface area contributed by atoms with Gasteiger partial charge in [0.15, 0.2) is 5.69 Å². The van der Waals surface area contributed by atoms with Gasteiger partial charge >= 0.3 is 5.97 Å². The van der Waals surface area contributed by atoms with Gasteiger partial charge in [-0.1, -0.05) is 6.07 Å². The van der Waals surface area contributed by atoms with Crippen LogP contribution < -0.4 is 10.6 Å². The summed E-state index contributed by atoms with van der Waals surface area (Å²) in [6.07, 6.45) is 1.67. The van der Waals surface area contributed by atoms with Gasteiger partial charge in [0.1, 0.15) is 0 Å². The van der Waals surface area contributed by atoms with Crippen LogP contribution in [-0.2, 0) is 4.74 Å². The van der Waals surface area contributed by atoms with E-state index in [9.17, 15) is 14.4 Å². The van der Waals surface area contributed by atoms with Crippen LogP contribution in [0.25, 0.3) is 5.52 Å². The first kappa shape index (κ1) is 19.1. The number of amides is 2. The lowest BCUT2D eigenvalue weighted by molar-refractivity contribution is 0.0600. The number of esters is 1. The van der Waals surface area contributed by atoms with Gasteiger partial charge in [0, 0.05) is 17.9 Å². The quantitative estimate of drug-likeness (QED) is 0.662. The third-order valence-corrected chi connectivity index (χ3v) is 3.95. The molecule has 0 radical (unpaired) electrons. The van der Waals surface area contributed by atoms with Crippen LogP contribution in [0.2, 0.25) is 0 Å². The summed E-state index contributed by atoms with van der Waals surface area (Å²) in [5.74, 6) is -1.20. The maximum atomic E-state index is 12.7. The molecule has 0 fully saturated rings. The molecule has 0 bridgehead atoms. The molecule has 0 atom stereocenters. The van der Waals surface area contributed by atoms with Gasteiger partial charge in [-0.25, -0.2) is 9.78 Å². The number of carbonyl (C=O) groups is 3. The first-order valence-corrected chi connectivity index (χ1v) is 8.68. The minimum Gasteiger partial charge on any atom is -0.465 e. The average molecular weight is 380 g/mol. The van der Waals surface area contributed by atoms with E-state index in [1.54, 1.807) is 53.1 Å². The van der Waals surface area contributed by atoms with Crippen LogP contribution in [0.5, 0.6) is 0 Å². The SMILES string of the molecule is COC(=O)c1ccc(NC(=O)c2nc(C(=O)NC(C)C)c3ccccn23)cc1. The van der Waals surface area contributed by atoms with Gasteiger partial charge in [0.05, 0.1) is 18.2 Å². The fourth-order valence-corrected chi connectivity index (χ4v) is 2.69. The molecule has 2 heterocycles. The molecular formula is C20H20N4O4. The molecule has 0 saturated heterocycles. The Labute approximate surface area is 161 Å². The van der Waals surface area contributed by atoms with E-state index >= 15 is 0 Å². The van der Waals surface area contributed by atoms with Gasteiger partial charge < -0.3 is 15.4 Å². The van der Waals surface area contributed by atoms with Crippen LogP contribution >= 0.6 is 0 Å². The minimum absolute atomic E-state index is 0.0569. The van der Waals surface area contributed by atoms with Crippen molar-refractivity contribution in [2.24, 2.45) is 0 Å². The first-order chi connectivity index (χ1) is 13.4. The summed E-state index contributed by atoms with van der Waals surface area (Å²) in [5, 5.41) is 5.51. The Balaban J connectivity index is 1.89. The highest BCUT2D eigenvalue weighted by Gasteiger charge is 2.22. The number of ether oxygens (including phenoxy) is 1. The lowest BCUT2D eigenvalue weighted by atomic mass is 10.2. The van der Waals surface area contributed by atoms with E-state index in [1.807, 2.05) is 13.8 Å². The van der Waals surface area contributed by atoms with Crippen LogP contribution in [0, 0.1) is 0 Å². The summed E-state index contributed by atoms with van der Waals surface area (Å²) in [4.78, 5) is 40.9. The van der Waals surface area contributed by atoms with Crippen LogP contribution in [-0.4, -0.2) is 40.3 Å². The highest BCUT2D eigenvalue weighted by Crippen LogP contribution is 2.16. The molecule has 0 aliphatic rings. The Bertz CT molecular complexity index is 1040. The Kier molecular flexibility index (Phi) is 5.39. The molecule has 0 spiro atoms. The van der Waals surface area contributed by atoms with E-state index in [-0.39, 0.29) is 23.5 Å². The summed E-state index contributed by atoms with van der Waals surface area (Å²) in [5.41, 5.74) is 1.57. The Morgan fingerprint density at radius 3 is 2.39 bits per heavy atom. The molecule has 2 N–H and O–H groups in total. The van der Waals surface area contributed by atoms with Crippen molar-refractivity contribution in [1.29, 1.82) is 0 Å². The number of hydrogen-bond donors (Lipinski definition) is 2. The zero-order valence-corrected chi connectivity index (χ0v) is 15.7. The number of imidazole rings is 1. The fourth-order valence-electron chi connectivity index (χ4n) is 2.69. The van der Waals surface area contributed by atoms with Gasteiger partial charge in [-0.05, 0) is 50.2 Å². The molecule has 0 unspecified atom stereocenters. The van der Waals surface area contributed by atoms with E-state index in [4.69, 9.17) is 0 Å². The van der Waals surface area contributed by atoms with E-state index in [2.05, 4.69) is 20.4 Å². The molecule has 3 aromatic rings. The normalized spacial score (nSPS) is 10.7. The van der Waals surface area contributed by atoms with Gasteiger partial charge in [0.2, 0.25) is 5.82 Å². The highest BCUT2D eigenvalue weighted by molar-refractivity contribution is 6.06. The van der Waals surface area contributed by atoms with Gasteiger partial charge in [-0.15, -0.1) is 0 Å². The van der Waals surface area contributed by atoms with Gasteiger partial charge in [-0.2, -0.15) is 0 Å². The Morgan fingerprint density at radius 2 is 1.75 bits per heavy atom. The predicted molar refractivity (Wildman–Crippen MR) is 104 cm³/mol. The number of pyridine rings is 1. The lowest BCUT2D eigenvalue weighted by Gasteiger charge is -2.06. The molecule has 8 heteroatoms. The largest absolute Gasteiger partial charge is 0.465 e. The average Bonchev–Trinajstić information content (AvgIpc) is 3.07. The molecule has 2 aromatic heterocycles. The molecule has 8 nitrogen and oxygen atoms in total. The zero-order chi connectivity index (χ0) is 20.3. The fraction of sp³-hybridized carbons (Fsp3) is 0.200. The topological polar surface area (TPSA) is 102 Å². The second kappa shape index (κ2) is 7.91. The molecule has 28 heavy (non-hydrogen) atoms. The number of nitrogens with one attached hydrogen (secondary N) is 2. The van der Waals surface area contributed by atoms with Crippen molar-refractivity contribution in [2.75, 3.05) is 12.4 Å². The van der Waals surface area contributed by atoms with E-state index in [1.165, 1.54) is 7.11 Å². The van der Waals surface area contributed by atoms with Gasteiger partial charge in [0.25, 0.3) is 11.8 Å². The van der Waals surface area contributed by atoms with Crippen molar-refractivity contribution in [2.45, 2.75) is 19.9 Å². The predicted octanol–water partition coefficient (Wildman–Crippen LogP) is 2.51. The van der Waals surface area contributed by atoms with Crippen LogP contribution in [0.3, 0.4) is 0 Å². The summed E-state index contributed by atoms with van der Waals surface area (Å²) < 4.78 is 6.21. The van der Waals surface area contributed by atoms with Crippen LogP contribution in [0.1, 0.15) is 45.3 Å². The maximum absolute atomic E-state index is 12.7. The smallest absolute Gasteiger partial charge is 0.337 e. The third-order valence-electron chi connectivity index (χ3n) is 3.95. The number of anilines is 1. The monoisotopic (exact) mass is 380 g/mol. The number of hydrogen-bond acceptors (Lipinski definition) is 5. The third kappa shape index (κ3) is 3.85. The van der Waals surface area contributed by atoms with Crippen LogP contribution in [0.4, 0.5) is 5.69 Å². The Hall–Kier alpha value is -3.68. The molecule has 3 rings (SSSR count). The van der Waals surface area contributed by atoms with E-state index in [0.29, 0.717) is 16.8 Å². The van der Waals surface area contributed by atoms with Crippen molar-refractivity contribution in [1.82, 2.24) is 14.7 Å². The number of methoxy groups -OCH3 is 1. The van der Waals surface area contributed by atoms with Crippen molar-refractivity contribution in [3.8, 4) is 0 Å². The summed E-state index contributed by atoms with van der Waals surface area (Å²) in [6, 6.07) is 11.5. The number of benzene rings is 1. The summed E-state index contributed by atoms with van der Waals surface area (Å²) in [7, 11) is 1.30. The van der Waals surface area contributed by atoms with E-state index < -0.39 is 11.9 Å². The maximum Gasteiger partial charge on any atom is 0.337 e. The van der Waals surface area contributed by atoms with Crippen molar-refractivity contribution in [3.63, 3.8) is 0 Å². The highest BCUT2D eigenvalue weighted by atomic mass is 16.5. The molecule has 1 aromatic carbocycles. The molecule has 0 aliphatic heterocycles. The number of rotatable bonds is 5. The second-order valence-corrected chi connectivity index (χ2v) is 6.39. The molecule has 0 saturated carbocycles. The lowest BCUT2D eigenvalue weighted by Crippen LogP contribution is -2.30. The summed E-state index contributed by atoms with van der Waals surface area (Å²) >= 11 is 0. The zero-order valence-electron chi connectivity index (χ0n) is 15.7. The second-order valence-electron chi connectivity index (χ2n) is 6.39. The van der Waals surface area contributed by atoms with Crippen molar-refractivity contribution >= 4 is 29.0 Å². The molecule has 2 amide bonds. The molecule has 144 valence electrons. The van der Waals surface area contributed by atoms with Crippen molar-refractivity contribution in [3.05, 3.63) is 65.7 Å². The van der Waals surface area contributed by atoms with Crippen molar-refractivity contribution < 1.29 is 19.1 Å². The number of fused-ring (bicyclic) bond motifs is 1. The Morgan fingerprint density at radius 1 is 1.04 bits per heavy atom. The molecular weight excluding hydrogens is 360 g/mol. The first-order valence-electron chi connectivity index (χ1n) is 8.68. The number of carbonyl (C=O) groups excluding carboxylic acids is 3. The summed E-state index contributed by atoms with van der Waals surface area (Å²) in [6.45, 7) is 3.70. The number of aromatic nitrogens is 2. The minimum atomic E-state index is -0.476. The standard InChI is InChI=1S/C20H20N4O4/c1-12(2)21-18(25)16-15-6-4-5-11-24(15)17(23-16)19(26)22-14-9-7-13(8-10-14)20(27)28-3/h4-12H,1-3H3,(H,21,25)(H,22,26).